The van der Waals surface area contributed by atoms with Gasteiger partial charge in [0.15, 0.2) is 5.52 Å². The smallest absolute Gasteiger partial charge is 0.300 e. The molecule has 1 aliphatic heterocycles. The van der Waals surface area contributed by atoms with Crippen LogP contribution in [0.5, 0.6) is 0 Å². The number of anilines is 2. The zero-order valence-electron chi connectivity index (χ0n) is 28.9. The molecule has 0 saturated carbocycles. The van der Waals surface area contributed by atoms with E-state index in [4.69, 9.17) is 0 Å². The van der Waals surface area contributed by atoms with E-state index in [1.54, 1.807) is 30.3 Å². The Balaban J connectivity index is 0.887. The molecule has 2 heterocycles. The van der Waals surface area contributed by atoms with Crippen LogP contribution in [0, 0.1) is 10.1 Å². The summed E-state index contributed by atoms with van der Waals surface area (Å²) in [6.45, 7) is 3.55. The van der Waals surface area contributed by atoms with Gasteiger partial charge in [-0.3, -0.25) is 34.2 Å². The highest BCUT2D eigenvalue weighted by Gasteiger charge is 2.34. The highest BCUT2D eigenvalue weighted by atomic mass is 32.2. The largest absolute Gasteiger partial charge is 0.356 e. The van der Waals surface area contributed by atoms with Crippen LogP contribution in [-0.2, 0) is 16.0 Å². The molecule has 5 rings (SSSR count). The first kappa shape index (κ1) is 37.7. The predicted molar refractivity (Wildman–Crippen MR) is 199 cm³/mol. The van der Waals surface area contributed by atoms with E-state index in [0.717, 1.165) is 68.7 Å². The SMILES string of the molecule is CCc1ccc(/C=C2\SC(=O)N(CCCCCCNC(=O)CCCCCNC(=O)c3ccc(Nc4ccc([N+](=O)[O-])c5nonc45)cc3)C2=O)cc1. The number of nitro groups is 1. The maximum Gasteiger partial charge on any atom is 0.300 e. The standard InChI is InChI=1S/C37H41N7O7S/c1-2-25-11-13-26(14-12-25)24-31-36(47)43(37(48)52-31)23-9-4-3-7-21-38-32(45)10-6-5-8-22-39-35(46)27-15-17-28(18-16-27)40-29-19-20-30(44(49)50)34-33(29)41-51-42-34/h11-20,24,40H,2-10,21-23H2,1H3,(H,38,45)(H,39,46)/b31-24-. The number of hydrogen-bond acceptors (Lipinski definition) is 11. The van der Waals surface area contributed by atoms with Gasteiger partial charge in [-0.15, -0.1) is 0 Å². The quantitative estimate of drug-likeness (QED) is 0.0385. The number of aryl methyl sites for hydroxylation is 1. The lowest BCUT2D eigenvalue weighted by molar-refractivity contribution is -0.383. The molecular formula is C37H41N7O7S. The van der Waals surface area contributed by atoms with Crippen LogP contribution in [0.25, 0.3) is 17.1 Å². The van der Waals surface area contributed by atoms with Crippen molar-refractivity contribution in [2.75, 3.05) is 25.0 Å². The first-order valence-corrected chi connectivity index (χ1v) is 18.2. The van der Waals surface area contributed by atoms with Crippen LogP contribution < -0.4 is 16.0 Å². The molecule has 1 fully saturated rings. The number of rotatable bonds is 19. The van der Waals surface area contributed by atoms with Gasteiger partial charge < -0.3 is 16.0 Å². The number of nitrogens with zero attached hydrogens (tertiary/aromatic N) is 4. The summed E-state index contributed by atoms with van der Waals surface area (Å²) >= 11 is 0.987. The molecule has 15 heteroatoms. The first-order chi connectivity index (χ1) is 25.2. The summed E-state index contributed by atoms with van der Waals surface area (Å²) in [5, 5.41) is 27.3. The second-order valence-corrected chi connectivity index (χ2v) is 13.3. The number of nitrogens with one attached hydrogen (secondary N) is 3. The molecule has 0 spiro atoms. The summed E-state index contributed by atoms with van der Waals surface area (Å²) in [5.41, 5.74) is 3.79. The van der Waals surface area contributed by atoms with Crippen molar-refractivity contribution in [3.05, 3.63) is 92.4 Å². The average molecular weight is 728 g/mol. The second kappa shape index (κ2) is 18.6. The summed E-state index contributed by atoms with van der Waals surface area (Å²) in [5.74, 6) is -0.447. The van der Waals surface area contributed by atoms with Gasteiger partial charge in [0.05, 0.1) is 15.5 Å². The maximum atomic E-state index is 12.7. The number of carbonyl (C=O) groups excluding carboxylic acids is 4. The number of benzene rings is 3. The summed E-state index contributed by atoms with van der Waals surface area (Å²) in [6.07, 6.45) is 8.68. The van der Waals surface area contributed by atoms with Gasteiger partial charge in [-0.05, 0) is 102 Å². The minimum absolute atomic E-state index is 0.000874. The van der Waals surface area contributed by atoms with Crippen LogP contribution in [-0.4, -0.2) is 62.7 Å². The van der Waals surface area contributed by atoms with E-state index in [2.05, 4.69) is 37.8 Å². The van der Waals surface area contributed by atoms with Crippen LogP contribution in [0.15, 0.2) is 70.2 Å². The third-order valence-corrected chi connectivity index (χ3v) is 9.48. The van der Waals surface area contributed by atoms with Crippen LogP contribution in [0.4, 0.5) is 21.9 Å². The van der Waals surface area contributed by atoms with Gasteiger partial charge in [0, 0.05) is 43.4 Å². The monoisotopic (exact) mass is 727 g/mol. The molecule has 272 valence electrons. The van der Waals surface area contributed by atoms with E-state index >= 15 is 0 Å². The molecule has 0 atom stereocenters. The fraction of sp³-hybridized carbons (Fsp3) is 0.351. The lowest BCUT2D eigenvalue weighted by Crippen LogP contribution is -2.29. The van der Waals surface area contributed by atoms with E-state index in [-0.39, 0.29) is 39.7 Å². The Hall–Kier alpha value is -5.57. The molecule has 1 saturated heterocycles. The van der Waals surface area contributed by atoms with Gasteiger partial charge in [-0.1, -0.05) is 50.5 Å². The number of unbranched alkanes of at least 4 members (excludes halogenated alkanes) is 5. The van der Waals surface area contributed by atoms with Crippen molar-refractivity contribution < 1.29 is 28.7 Å². The molecule has 0 aliphatic carbocycles. The number of hydrogen-bond donors (Lipinski definition) is 3. The van der Waals surface area contributed by atoms with Crippen molar-refractivity contribution in [1.82, 2.24) is 25.8 Å². The highest BCUT2D eigenvalue weighted by Crippen LogP contribution is 2.33. The molecule has 52 heavy (non-hydrogen) atoms. The molecule has 3 N–H and O–H groups in total. The van der Waals surface area contributed by atoms with E-state index in [9.17, 15) is 29.3 Å². The Kier molecular flexibility index (Phi) is 13.5. The number of carbonyl (C=O) groups is 4. The topological polar surface area (TPSA) is 190 Å². The number of non-ortho nitro benzene ring substituents is 1. The highest BCUT2D eigenvalue weighted by molar-refractivity contribution is 8.18. The van der Waals surface area contributed by atoms with Crippen LogP contribution in [0.2, 0.25) is 0 Å². The van der Waals surface area contributed by atoms with E-state index in [0.29, 0.717) is 47.9 Å². The Morgan fingerprint density at radius 1 is 0.865 bits per heavy atom. The maximum absolute atomic E-state index is 12.7. The minimum atomic E-state index is -0.554. The normalized spacial score (nSPS) is 13.6. The van der Waals surface area contributed by atoms with Crippen LogP contribution >= 0.6 is 11.8 Å². The van der Waals surface area contributed by atoms with Gasteiger partial charge in [0.2, 0.25) is 11.4 Å². The van der Waals surface area contributed by atoms with E-state index in [1.807, 2.05) is 24.3 Å². The number of nitro benzene ring substituents is 1. The summed E-state index contributed by atoms with van der Waals surface area (Å²) in [4.78, 5) is 62.4. The van der Waals surface area contributed by atoms with Gasteiger partial charge >= 0.3 is 5.69 Å². The molecule has 0 bridgehead atoms. The van der Waals surface area contributed by atoms with Crippen LogP contribution in [0.3, 0.4) is 0 Å². The lowest BCUT2D eigenvalue weighted by atomic mass is 10.1. The Bertz CT molecular complexity index is 1930. The van der Waals surface area contributed by atoms with Gasteiger partial charge in [-0.2, -0.15) is 0 Å². The fourth-order valence-corrected chi connectivity index (χ4v) is 6.48. The summed E-state index contributed by atoms with van der Waals surface area (Å²) in [7, 11) is 0. The zero-order valence-corrected chi connectivity index (χ0v) is 29.7. The third-order valence-electron chi connectivity index (χ3n) is 8.57. The second-order valence-electron chi connectivity index (χ2n) is 12.3. The lowest BCUT2D eigenvalue weighted by Gasteiger charge is -2.12. The number of thioether (sulfide) groups is 1. The molecule has 1 aromatic heterocycles. The van der Waals surface area contributed by atoms with Gasteiger partial charge in [0.25, 0.3) is 17.1 Å². The molecular weight excluding hydrogens is 687 g/mol. The van der Waals surface area contributed by atoms with Gasteiger partial charge in [0.1, 0.15) is 0 Å². The number of amides is 4. The van der Waals surface area contributed by atoms with Crippen molar-refractivity contribution in [3.63, 3.8) is 0 Å². The number of imide groups is 1. The average Bonchev–Trinajstić information content (AvgIpc) is 3.74. The van der Waals surface area contributed by atoms with E-state index < -0.39 is 4.92 Å². The van der Waals surface area contributed by atoms with Crippen molar-refractivity contribution in [2.24, 2.45) is 0 Å². The van der Waals surface area contributed by atoms with Crippen molar-refractivity contribution >= 4 is 68.9 Å². The predicted octanol–water partition coefficient (Wildman–Crippen LogP) is 7.14. The first-order valence-electron chi connectivity index (χ1n) is 17.4. The van der Waals surface area contributed by atoms with Crippen LogP contribution in [0.1, 0.15) is 79.8 Å². The zero-order chi connectivity index (χ0) is 36.9. The molecule has 14 nitrogen and oxygen atoms in total. The summed E-state index contributed by atoms with van der Waals surface area (Å²) < 4.78 is 4.69. The van der Waals surface area contributed by atoms with Crippen molar-refractivity contribution in [1.29, 1.82) is 0 Å². The molecule has 4 aromatic rings. The van der Waals surface area contributed by atoms with Gasteiger partial charge in [-0.25, -0.2) is 4.63 Å². The van der Waals surface area contributed by atoms with Crippen molar-refractivity contribution in [2.45, 2.75) is 64.7 Å². The molecule has 4 amide bonds. The molecule has 0 unspecified atom stereocenters. The molecule has 1 aliphatic rings. The number of aromatic nitrogens is 2. The Morgan fingerprint density at radius 2 is 1.56 bits per heavy atom. The summed E-state index contributed by atoms with van der Waals surface area (Å²) in [6, 6.07) is 17.6. The Labute approximate surface area is 304 Å². The van der Waals surface area contributed by atoms with Crippen molar-refractivity contribution in [3.8, 4) is 0 Å². The number of fused-ring (bicyclic) bond motifs is 1. The molecule has 0 radical (unpaired) electrons. The minimum Gasteiger partial charge on any atom is -0.356 e. The fourth-order valence-electron chi connectivity index (χ4n) is 5.61. The van der Waals surface area contributed by atoms with E-state index in [1.165, 1.54) is 22.6 Å². The third kappa shape index (κ3) is 10.2. The Morgan fingerprint density at radius 3 is 2.29 bits per heavy atom. The molecule has 3 aromatic carbocycles.